The summed E-state index contributed by atoms with van der Waals surface area (Å²) in [6, 6.07) is 5.80. The molecule has 0 atom stereocenters. The molecule has 1 heterocycles. The van der Waals surface area contributed by atoms with E-state index >= 15 is 0 Å². The SMILES string of the molecule is Cc1cccc(C)c1NC1=CC(=O)N(CCO)C1=O. The quantitative estimate of drug-likeness (QED) is 0.791. The van der Waals surface area contributed by atoms with Crippen LogP contribution < -0.4 is 5.32 Å². The zero-order valence-electron chi connectivity index (χ0n) is 10.9. The number of hydrogen-bond acceptors (Lipinski definition) is 4. The molecular weight excluding hydrogens is 244 g/mol. The fraction of sp³-hybridized carbons (Fsp3) is 0.286. The highest BCUT2D eigenvalue weighted by atomic mass is 16.3. The number of para-hydroxylation sites is 1. The van der Waals surface area contributed by atoms with E-state index in [1.165, 1.54) is 6.08 Å². The molecule has 2 rings (SSSR count). The Bertz CT molecular complexity index is 544. The Morgan fingerprint density at radius 3 is 2.42 bits per heavy atom. The highest BCUT2D eigenvalue weighted by molar-refractivity contribution is 6.17. The lowest BCUT2D eigenvalue weighted by molar-refractivity contribution is -0.137. The molecule has 19 heavy (non-hydrogen) atoms. The van der Waals surface area contributed by atoms with Crippen molar-refractivity contribution >= 4 is 17.5 Å². The van der Waals surface area contributed by atoms with E-state index in [2.05, 4.69) is 5.32 Å². The maximum atomic E-state index is 12.0. The van der Waals surface area contributed by atoms with Gasteiger partial charge in [0.05, 0.1) is 13.2 Å². The van der Waals surface area contributed by atoms with Gasteiger partial charge in [0, 0.05) is 11.8 Å². The standard InChI is InChI=1S/C14H16N2O3/c1-9-4-3-5-10(2)13(9)15-11-8-12(18)16(6-7-17)14(11)19/h3-5,8,15,17H,6-7H2,1-2H3. The van der Waals surface area contributed by atoms with E-state index in [1.54, 1.807) is 0 Å². The molecule has 1 aromatic carbocycles. The average molecular weight is 260 g/mol. The van der Waals surface area contributed by atoms with E-state index in [0.29, 0.717) is 0 Å². The lowest BCUT2D eigenvalue weighted by Crippen LogP contribution is -2.34. The van der Waals surface area contributed by atoms with Gasteiger partial charge in [0.25, 0.3) is 11.8 Å². The number of hydrogen-bond donors (Lipinski definition) is 2. The van der Waals surface area contributed by atoms with Crippen LogP contribution in [0.25, 0.3) is 0 Å². The predicted molar refractivity (Wildman–Crippen MR) is 71.4 cm³/mol. The first-order valence-corrected chi connectivity index (χ1v) is 6.06. The molecule has 0 aromatic heterocycles. The Labute approximate surface area is 111 Å². The molecule has 0 saturated heterocycles. The number of carbonyl (C=O) groups is 2. The maximum Gasteiger partial charge on any atom is 0.277 e. The normalized spacial score (nSPS) is 14.9. The smallest absolute Gasteiger partial charge is 0.277 e. The predicted octanol–water partition coefficient (Wildman–Crippen LogP) is 0.960. The van der Waals surface area contributed by atoms with Gasteiger partial charge in [-0.15, -0.1) is 0 Å². The van der Waals surface area contributed by atoms with Crippen molar-refractivity contribution in [3.8, 4) is 0 Å². The van der Waals surface area contributed by atoms with Crippen molar-refractivity contribution in [2.75, 3.05) is 18.5 Å². The van der Waals surface area contributed by atoms with Crippen molar-refractivity contribution in [2.24, 2.45) is 0 Å². The number of benzene rings is 1. The zero-order valence-corrected chi connectivity index (χ0v) is 10.9. The Morgan fingerprint density at radius 1 is 1.21 bits per heavy atom. The van der Waals surface area contributed by atoms with Gasteiger partial charge in [0.15, 0.2) is 0 Å². The molecular formula is C14H16N2O3. The molecule has 1 aliphatic rings. The number of amides is 2. The molecule has 5 heteroatoms. The summed E-state index contributed by atoms with van der Waals surface area (Å²) < 4.78 is 0. The summed E-state index contributed by atoms with van der Waals surface area (Å²) in [6.45, 7) is 3.65. The van der Waals surface area contributed by atoms with Crippen LogP contribution in [0.3, 0.4) is 0 Å². The van der Waals surface area contributed by atoms with E-state index in [1.807, 2.05) is 32.0 Å². The summed E-state index contributed by atoms with van der Waals surface area (Å²) in [5.74, 6) is -0.797. The maximum absolute atomic E-state index is 12.0. The summed E-state index contributed by atoms with van der Waals surface area (Å²) in [5.41, 5.74) is 3.08. The number of imide groups is 1. The third kappa shape index (κ3) is 2.51. The second kappa shape index (κ2) is 5.24. The Morgan fingerprint density at radius 2 is 1.84 bits per heavy atom. The van der Waals surface area contributed by atoms with Crippen LogP contribution in [0.2, 0.25) is 0 Å². The average Bonchev–Trinajstić information content (AvgIpc) is 2.62. The molecule has 1 aliphatic heterocycles. The number of aryl methyl sites for hydroxylation is 2. The molecule has 0 aliphatic carbocycles. The van der Waals surface area contributed by atoms with E-state index in [4.69, 9.17) is 5.11 Å². The topological polar surface area (TPSA) is 69.6 Å². The van der Waals surface area contributed by atoms with Gasteiger partial charge in [-0.1, -0.05) is 18.2 Å². The summed E-state index contributed by atoms with van der Waals surface area (Å²) in [6.07, 6.45) is 1.27. The van der Waals surface area contributed by atoms with Gasteiger partial charge < -0.3 is 10.4 Å². The number of carbonyl (C=O) groups excluding carboxylic acids is 2. The number of nitrogens with one attached hydrogen (secondary N) is 1. The van der Waals surface area contributed by atoms with Crippen molar-refractivity contribution in [2.45, 2.75) is 13.8 Å². The molecule has 0 radical (unpaired) electrons. The van der Waals surface area contributed by atoms with Crippen LogP contribution in [-0.2, 0) is 9.59 Å². The van der Waals surface area contributed by atoms with E-state index in [0.717, 1.165) is 21.7 Å². The fourth-order valence-electron chi connectivity index (χ4n) is 2.06. The molecule has 100 valence electrons. The molecule has 1 aromatic rings. The van der Waals surface area contributed by atoms with Crippen LogP contribution in [0.5, 0.6) is 0 Å². The van der Waals surface area contributed by atoms with Gasteiger partial charge in [-0.3, -0.25) is 14.5 Å². The number of anilines is 1. The van der Waals surface area contributed by atoms with Crippen LogP contribution >= 0.6 is 0 Å². The lowest BCUT2D eigenvalue weighted by Gasteiger charge is -2.15. The molecule has 2 amide bonds. The van der Waals surface area contributed by atoms with Crippen LogP contribution in [0.15, 0.2) is 30.0 Å². The van der Waals surface area contributed by atoms with Gasteiger partial charge in [-0.25, -0.2) is 0 Å². The first-order chi connectivity index (χ1) is 9.04. The van der Waals surface area contributed by atoms with Gasteiger partial charge in [0.1, 0.15) is 5.70 Å². The number of nitrogens with zero attached hydrogens (tertiary/aromatic N) is 1. The Balaban J connectivity index is 2.23. The highest BCUT2D eigenvalue weighted by Crippen LogP contribution is 2.23. The minimum absolute atomic E-state index is 0.0199. The van der Waals surface area contributed by atoms with Crippen molar-refractivity contribution in [3.05, 3.63) is 41.1 Å². The number of rotatable bonds is 4. The van der Waals surface area contributed by atoms with Crippen molar-refractivity contribution in [3.63, 3.8) is 0 Å². The highest BCUT2D eigenvalue weighted by Gasteiger charge is 2.30. The summed E-state index contributed by atoms with van der Waals surface area (Å²) in [4.78, 5) is 24.6. The Hall–Kier alpha value is -2.14. The van der Waals surface area contributed by atoms with Crippen LogP contribution in [0, 0.1) is 13.8 Å². The van der Waals surface area contributed by atoms with E-state index in [9.17, 15) is 9.59 Å². The van der Waals surface area contributed by atoms with Gasteiger partial charge in [-0.2, -0.15) is 0 Å². The number of aliphatic hydroxyl groups is 1. The van der Waals surface area contributed by atoms with Crippen molar-refractivity contribution in [1.82, 2.24) is 4.90 Å². The number of aliphatic hydroxyl groups excluding tert-OH is 1. The van der Waals surface area contributed by atoms with Crippen LogP contribution in [0.4, 0.5) is 5.69 Å². The third-order valence-electron chi connectivity index (χ3n) is 3.07. The monoisotopic (exact) mass is 260 g/mol. The first kappa shape index (κ1) is 13.3. The molecule has 5 nitrogen and oxygen atoms in total. The zero-order chi connectivity index (χ0) is 14.0. The van der Waals surface area contributed by atoms with Crippen molar-refractivity contribution in [1.29, 1.82) is 0 Å². The second-order valence-electron chi connectivity index (χ2n) is 4.47. The van der Waals surface area contributed by atoms with Crippen LogP contribution in [0.1, 0.15) is 11.1 Å². The number of β-amino-alcohol motifs (C(OH)–C–C–N with tert-alkyl or cyclic N) is 1. The second-order valence-corrected chi connectivity index (χ2v) is 4.47. The van der Waals surface area contributed by atoms with E-state index in [-0.39, 0.29) is 18.8 Å². The molecule has 0 bridgehead atoms. The largest absolute Gasteiger partial charge is 0.395 e. The minimum Gasteiger partial charge on any atom is -0.395 e. The van der Waals surface area contributed by atoms with E-state index < -0.39 is 11.8 Å². The van der Waals surface area contributed by atoms with Gasteiger partial charge >= 0.3 is 0 Å². The Kier molecular flexibility index (Phi) is 3.66. The van der Waals surface area contributed by atoms with Gasteiger partial charge in [-0.05, 0) is 25.0 Å². The molecule has 0 spiro atoms. The summed E-state index contributed by atoms with van der Waals surface area (Å²) in [5, 5.41) is 11.9. The lowest BCUT2D eigenvalue weighted by atomic mass is 10.1. The molecule has 0 unspecified atom stereocenters. The molecule has 0 fully saturated rings. The first-order valence-electron chi connectivity index (χ1n) is 6.06. The molecule has 0 saturated carbocycles. The molecule has 2 N–H and O–H groups in total. The fourth-order valence-corrected chi connectivity index (χ4v) is 2.06. The van der Waals surface area contributed by atoms with Crippen molar-refractivity contribution < 1.29 is 14.7 Å². The van der Waals surface area contributed by atoms with Crippen LogP contribution in [-0.4, -0.2) is 35.0 Å². The minimum atomic E-state index is -0.401. The summed E-state index contributed by atoms with van der Waals surface area (Å²) in [7, 11) is 0. The third-order valence-corrected chi connectivity index (χ3v) is 3.07. The van der Waals surface area contributed by atoms with Gasteiger partial charge in [0.2, 0.25) is 0 Å². The summed E-state index contributed by atoms with van der Waals surface area (Å²) >= 11 is 0.